The van der Waals surface area contributed by atoms with E-state index in [9.17, 15) is 4.79 Å². The van der Waals surface area contributed by atoms with Gasteiger partial charge >= 0.3 is 0 Å². The minimum Gasteiger partial charge on any atom is -0.454 e. The van der Waals surface area contributed by atoms with Crippen molar-refractivity contribution in [1.29, 1.82) is 0 Å². The Bertz CT molecular complexity index is 777. The van der Waals surface area contributed by atoms with E-state index in [2.05, 4.69) is 17.0 Å². The van der Waals surface area contributed by atoms with Gasteiger partial charge in [0.15, 0.2) is 11.5 Å². The van der Waals surface area contributed by atoms with Crippen LogP contribution in [-0.4, -0.2) is 63.0 Å². The van der Waals surface area contributed by atoms with E-state index in [1.54, 1.807) is 0 Å². The van der Waals surface area contributed by atoms with Crippen LogP contribution in [0.3, 0.4) is 0 Å². The molecule has 3 heterocycles. The molecular weight excluding hydrogens is 418 g/mol. The summed E-state index contributed by atoms with van der Waals surface area (Å²) in [6.07, 6.45) is 9.93. The highest BCUT2D eigenvalue weighted by molar-refractivity contribution is 5.79. The number of para-hydroxylation sites is 1. The SMILES string of the molecule is O=C(CC1CCC(CCN2CCC(c3cccc4c3OCO4)CC2)CC1)C[C@@H]1COCCO1. The van der Waals surface area contributed by atoms with Crippen molar-refractivity contribution >= 4 is 5.78 Å². The number of hydrogen-bond acceptors (Lipinski definition) is 6. The van der Waals surface area contributed by atoms with E-state index in [1.807, 2.05) is 6.07 Å². The molecule has 0 amide bonds. The summed E-state index contributed by atoms with van der Waals surface area (Å²) in [7, 11) is 0. The lowest BCUT2D eigenvalue weighted by atomic mass is 9.78. The molecule has 6 nitrogen and oxygen atoms in total. The van der Waals surface area contributed by atoms with Gasteiger partial charge < -0.3 is 23.8 Å². The quantitative estimate of drug-likeness (QED) is 0.571. The summed E-state index contributed by atoms with van der Waals surface area (Å²) in [5, 5.41) is 0. The van der Waals surface area contributed by atoms with Gasteiger partial charge in [0.25, 0.3) is 0 Å². The predicted octanol–water partition coefficient (Wildman–Crippen LogP) is 4.56. The summed E-state index contributed by atoms with van der Waals surface area (Å²) < 4.78 is 22.3. The van der Waals surface area contributed by atoms with E-state index >= 15 is 0 Å². The molecule has 5 rings (SSSR count). The van der Waals surface area contributed by atoms with Gasteiger partial charge in [-0.1, -0.05) is 25.0 Å². The first kappa shape index (κ1) is 23.1. The second-order valence-electron chi connectivity index (χ2n) is 10.4. The van der Waals surface area contributed by atoms with Crippen molar-refractivity contribution in [2.75, 3.05) is 46.2 Å². The summed E-state index contributed by atoms with van der Waals surface area (Å²) in [4.78, 5) is 15.1. The minimum absolute atomic E-state index is 0.0182. The Hall–Kier alpha value is -1.63. The van der Waals surface area contributed by atoms with Gasteiger partial charge in [-0.25, -0.2) is 0 Å². The lowest BCUT2D eigenvalue weighted by Gasteiger charge is -2.34. The van der Waals surface area contributed by atoms with Gasteiger partial charge in [-0.2, -0.15) is 0 Å². The zero-order valence-corrected chi connectivity index (χ0v) is 19.8. The van der Waals surface area contributed by atoms with Gasteiger partial charge in [-0.15, -0.1) is 0 Å². The number of ether oxygens (including phenoxy) is 4. The summed E-state index contributed by atoms with van der Waals surface area (Å²) in [5.74, 6) is 4.23. The van der Waals surface area contributed by atoms with Crippen molar-refractivity contribution < 1.29 is 23.7 Å². The Morgan fingerprint density at radius 2 is 1.76 bits per heavy atom. The number of piperidine rings is 1. The molecule has 6 heteroatoms. The molecule has 0 unspecified atom stereocenters. The largest absolute Gasteiger partial charge is 0.454 e. The first-order valence-corrected chi connectivity index (χ1v) is 13.1. The normalized spacial score (nSPS) is 28.7. The van der Waals surface area contributed by atoms with Crippen LogP contribution in [0.5, 0.6) is 11.5 Å². The van der Waals surface area contributed by atoms with Crippen molar-refractivity contribution in [3.63, 3.8) is 0 Å². The minimum atomic E-state index is -0.0182. The third kappa shape index (κ3) is 6.09. The molecule has 1 saturated carbocycles. The molecule has 33 heavy (non-hydrogen) atoms. The van der Waals surface area contributed by atoms with Crippen LogP contribution >= 0.6 is 0 Å². The molecule has 1 aromatic rings. The van der Waals surface area contributed by atoms with E-state index in [-0.39, 0.29) is 6.10 Å². The first-order chi connectivity index (χ1) is 16.2. The van der Waals surface area contributed by atoms with Crippen molar-refractivity contribution in [1.82, 2.24) is 4.90 Å². The molecule has 2 saturated heterocycles. The molecule has 0 N–H and O–H groups in total. The molecule has 0 bridgehead atoms. The van der Waals surface area contributed by atoms with Crippen molar-refractivity contribution in [2.24, 2.45) is 11.8 Å². The van der Waals surface area contributed by atoms with Crippen molar-refractivity contribution in [3.8, 4) is 11.5 Å². The van der Waals surface area contributed by atoms with Crippen LogP contribution in [0, 0.1) is 11.8 Å². The molecule has 0 aromatic heterocycles. The van der Waals surface area contributed by atoms with Crippen LogP contribution in [0.25, 0.3) is 0 Å². The Morgan fingerprint density at radius 1 is 0.939 bits per heavy atom. The van der Waals surface area contributed by atoms with Crippen LogP contribution < -0.4 is 9.47 Å². The number of rotatable bonds is 8. The fourth-order valence-corrected chi connectivity index (χ4v) is 6.14. The van der Waals surface area contributed by atoms with Gasteiger partial charge in [0.05, 0.1) is 25.9 Å². The average molecular weight is 458 g/mol. The van der Waals surface area contributed by atoms with Crippen LogP contribution in [0.15, 0.2) is 18.2 Å². The van der Waals surface area contributed by atoms with E-state index < -0.39 is 0 Å². The number of benzene rings is 1. The highest BCUT2D eigenvalue weighted by atomic mass is 16.7. The lowest BCUT2D eigenvalue weighted by Crippen LogP contribution is -2.35. The van der Waals surface area contributed by atoms with E-state index in [1.165, 1.54) is 70.1 Å². The lowest BCUT2D eigenvalue weighted by molar-refractivity contribution is -0.130. The van der Waals surface area contributed by atoms with Crippen LogP contribution in [0.4, 0.5) is 0 Å². The number of likely N-dealkylation sites (tertiary alicyclic amines) is 1. The molecule has 4 aliphatic rings. The molecule has 182 valence electrons. The number of ketones is 1. The summed E-state index contributed by atoms with van der Waals surface area (Å²) in [6.45, 7) is 5.77. The first-order valence-electron chi connectivity index (χ1n) is 13.1. The monoisotopic (exact) mass is 457 g/mol. The number of carbonyl (C=O) groups is 1. The second kappa shape index (κ2) is 11.2. The fraction of sp³-hybridized carbons (Fsp3) is 0.741. The van der Waals surface area contributed by atoms with Crippen LogP contribution in [0.2, 0.25) is 0 Å². The maximum Gasteiger partial charge on any atom is 0.231 e. The van der Waals surface area contributed by atoms with Gasteiger partial charge in [0.1, 0.15) is 5.78 Å². The maximum atomic E-state index is 12.4. The van der Waals surface area contributed by atoms with E-state index in [4.69, 9.17) is 18.9 Å². The maximum absolute atomic E-state index is 12.4. The van der Waals surface area contributed by atoms with Crippen molar-refractivity contribution in [3.05, 3.63) is 23.8 Å². The topological polar surface area (TPSA) is 57.2 Å². The zero-order chi connectivity index (χ0) is 22.5. The molecule has 1 aliphatic carbocycles. The number of carbonyl (C=O) groups excluding carboxylic acids is 1. The molecule has 0 radical (unpaired) electrons. The molecule has 3 aliphatic heterocycles. The third-order valence-electron chi connectivity index (χ3n) is 8.13. The van der Waals surface area contributed by atoms with Crippen LogP contribution in [0.1, 0.15) is 69.3 Å². The van der Waals surface area contributed by atoms with Gasteiger partial charge in [-0.05, 0) is 75.6 Å². The number of Topliss-reactive ketones (excluding diaryl/α,β-unsaturated/α-hetero) is 1. The number of fused-ring (bicyclic) bond motifs is 1. The summed E-state index contributed by atoms with van der Waals surface area (Å²) in [6, 6.07) is 6.32. The van der Waals surface area contributed by atoms with E-state index in [0.29, 0.717) is 50.7 Å². The Labute approximate surface area is 197 Å². The van der Waals surface area contributed by atoms with Gasteiger partial charge in [-0.3, -0.25) is 4.79 Å². The highest BCUT2D eigenvalue weighted by Gasteiger charge is 2.28. The second-order valence-corrected chi connectivity index (χ2v) is 10.4. The fourth-order valence-electron chi connectivity index (χ4n) is 6.14. The number of hydrogen-bond donors (Lipinski definition) is 0. The van der Waals surface area contributed by atoms with Crippen LogP contribution in [-0.2, 0) is 14.3 Å². The average Bonchev–Trinajstić information content (AvgIpc) is 3.34. The molecule has 3 fully saturated rings. The molecule has 0 spiro atoms. The number of nitrogens with zero attached hydrogens (tertiary/aromatic N) is 1. The zero-order valence-electron chi connectivity index (χ0n) is 19.8. The Morgan fingerprint density at radius 3 is 2.55 bits per heavy atom. The molecular formula is C27H39NO5. The standard InChI is InChI=1S/C27H39NO5/c29-23(17-24-18-30-14-15-31-24)16-21-6-4-20(5-7-21)8-11-28-12-9-22(10-13-28)25-2-1-3-26-27(25)33-19-32-26/h1-3,20-22,24H,4-19H2/t20?,21?,24-/m1/s1. The smallest absolute Gasteiger partial charge is 0.231 e. The predicted molar refractivity (Wildman–Crippen MR) is 126 cm³/mol. The summed E-state index contributed by atoms with van der Waals surface area (Å²) in [5.41, 5.74) is 1.33. The summed E-state index contributed by atoms with van der Waals surface area (Å²) >= 11 is 0. The third-order valence-corrected chi connectivity index (χ3v) is 8.13. The molecule has 1 atom stereocenters. The Balaban J connectivity index is 0.980. The van der Waals surface area contributed by atoms with E-state index in [0.717, 1.165) is 23.8 Å². The Kier molecular flexibility index (Phi) is 7.85. The molecule has 1 aromatic carbocycles. The van der Waals surface area contributed by atoms with Gasteiger partial charge in [0.2, 0.25) is 6.79 Å². The van der Waals surface area contributed by atoms with Gasteiger partial charge in [0, 0.05) is 18.4 Å². The highest BCUT2D eigenvalue weighted by Crippen LogP contribution is 2.42. The van der Waals surface area contributed by atoms with Crippen molar-refractivity contribution in [2.45, 2.75) is 69.8 Å².